The minimum absolute atomic E-state index is 0.0955. The van der Waals surface area contributed by atoms with Gasteiger partial charge in [0, 0.05) is 16.4 Å². The molecular formula is C21H24N2OS. The fourth-order valence-corrected chi connectivity index (χ4v) is 5.72. The minimum Gasteiger partial charge on any atom is -0.368 e. The Labute approximate surface area is 152 Å². The highest BCUT2D eigenvalue weighted by atomic mass is 32.1. The Kier molecular flexibility index (Phi) is 3.56. The van der Waals surface area contributed by atoms with Crippen molar-refractivity contribution >= 4 is 22.2 Å². The predicted molar refractivity (Wildman–Crippen MR) is 103 cm³/mol. The van der Waals surface area contributed by atoms with Gasteiger partial charge < -0.3 is 15.0 Å². The molecule has 4 heteroatoms. The van der Waals surface area contributed by atoms with Gasteiger partial charge in [-0.25, -0.2) is 0 Å². The molecule has 1 aliphatic carbocycles. The molecule has 0 amide bonds. The Bertz CT molecular complexity index is 888. The van der Waals surface area contributed by atoms with Crippen LogP contribution in [0.1, 0.15) is 42.5 Å². The summed E-state index contributed by atoms with van der Waals surface area (Å²) in [6.45, 7) is 0.833. The zero-order chi connectivity index (χ0) is 16.9. The number of ether oxygens (including phenoxy) is 1. The van der Waals surface area contributed by atoms with Crippen LogP contribution in [0.25, 0.3) is 10.9 Å². The molecule has 0 radical (unpaired) electrons. The number of hydrogen-bond donors (Lipinski definition) is 2. The van der Waals surface area contributed by atoms with Gasteiger partial charge in [-0.3, -0.25) is 0 Å². The van der Waals surface area contributed by atoms with E-state index in [9.17, 15) is 0 Å². The van der Waals surface area contributed by atoms with Crippen LogP contribution in [-0.4, -0.2) is 18.6 Å². The van der Waals surface area contributed by atoms with Crippen molar-refractivity contribution in [2.45, 2.75) is 43.2 Å². The van der Waals surface area contributed by atoms with E-state index in [1.807, 2.05) is 0 Å². The van der Waals surface area contributed by atoms with Crippen molar-refractivity contribution in [2.24, 2.45) is 0 Å². The molecule has 3 aromatic rings. The molecule has 1 aliphatic heterocycles. The lowest BCUT2D eigenvalue weighted by Crippen LogP contribution is -2.49. The van der Waals surface area contributed by atoms with Crippen molar-refractivity contribution in [1.82, 2.24) is 10.3 Å². The molecule has 130 valence electrons. The highest BCUT2D eigenvalue weighted by Crippen LogP contribution is 2.50. The number of hydrogen-bond acceptors (Lipinski definition) is 3. The number of fused-ring (bicyclic) bond motifs is 4. The van der Waals surface area contributed by atoms with Crippen molar-refractivity contribution in [3.8, 4) is 0 Å². The Morgan fingerprint density at radius 3 is 2.72 bits per heavy atom. The van der Waals surface area contributed by atoms with Crippen molar-refractivity contribution in [1.29, 1.82) is 0 Å². The van der Waals surface area contributed by atoms with Crippen molar-refractivity contribution in [2.75, 3.05) is 13.7 Å². The molecule has 25 heavy (non-hydrogen) atoms. The second-order valence-electron chi connectivity index (χ2n) is 7.46. The van der Waals surface area contributed by atoms with Gasteiger partial charge in [0.1, 0.15) is 5.60 Å². The average molecular weight is 353 g/mol. The molecule has 0 saturated heterocycles. The van der Waals surface area contributed by atoms with E-state index in [1.54, 1.807) is 11.3 Å². The van der Waals surface area contributed by atoms with Gasteiger partial charge in [0.2, 0.25) is 0 Å². The maximum Gasteiger partial charge on any atom is 0.108 e. The van der Waals surface area contributed by atoms with Crippen LogP contribution in [0.15, 0.2) is 41.1 Å². The standard InChI is InChI=1S/C21H24N2OS/c1-22-20(15-7-13-25-14-15)8-10-21(11-9-20)19-17(6-12-24-21)16-4-2-3-5-18(16)23-19/h2-5,7,13-14,22-23H,6,8-12H2,1H3. The van der Waals surface area contributed by atoms with Gasteiger partial charge in [0.25, 0.3) is 0 Å². The van der Waals surface area contributed by atoms with E-state index in [1.165, 1.54) is 27.7 Å². The maximum absolute atomic E-state index is 6.46. The topological polar surface area (TPSA) is 37.0 Å². The normalized spacial score (nSPS) is 29.2. The van der Waals surface area contributed by atoms with E-state index in [2.05, 4.69) is 58.4 Å². The van der Waals surface area contributed by atoms with Crippen LogP contribution < -0.4 is 5.32 Å². The zero-order valence-corrected chi connectivity index (χ0v) is 15.4. The number of rotatable bonds is 2. The average Bonchev–Trinajstić information content (AvgIpc) is 3.32. The molecule has 0 unspecified atom stereocenters. The second-order valence-corrected chi connectivity index (χ2v) is 8.24. The highest BCUT2D eigenvalue weighted by molar-refractivity contribution is 7.08. The molecule has 0 atom stereocenters. The van der Waals surface area contributed by atoms with Gasteiger partial charge in [-0.2, -0.15) is 11.3 Å². The van der Waals surface area contributed by atoms with Crippen molar-refractivity contribution in [3.63, 3.8) is 0 Å². The minimum atomic E-state index is -0.136. The van der Waals surface area contributed by atoms with Crippen molar-refractivity contribution < 1.29 is 4.74 Å². The van der Waals surface area contributed by atoms with Crippen LogP contribution in [0.5, 0.6) is 0 Å². The largest absolute Gasteiger partial charge is 0.368 e. The number of thiophene rings is 1. The Hall–Kier alpha value is -1.62. The van der Waals surface area contributed by atoms with E-state index in [-0.39, 0.29) is 11.1 Å². The summed E-state index contributed by atoms with van der Waals surface area (Å²) in [6.07, 6.45) is 5.35. The lowest BCUT2D eigenvalue weighted by molar-refractivity contribution is -0.101. The van der Waals surface area contributed by atoms with Gasteiger partial charge >= 0.3 is 0 Å². The summed E-state index contributed by atoms with van der Waals surface area (Å²) in [7, 11) is 2.10. The quantitative estimate of drug-likeness (QED) is 0.702. The molecule has 0 bridgehead atoms. The van der Waals surface area contributed by atoms with Gasteiger partial charge in [-0.1, -0.05) is 18.2 Å². The molecule has 5 rings (SSSR count). The smallest absolute Gasteiger partial charge is 0.108 e. The van der Waals surface area contributed by atoms with Gasteiger partial charge in [0.05, 0.1) is 12.3 Å². The fraction of sp³-hybridized carbons (Fsp3) is 0.429. The third-order valence-electron chi connectivity index (χ3n) is 6.46. The fourth-order valence-electron chi connectivity index (χ4n) is 4.96. The number of aromatic amines is 1. The molecule has 3 nitrogen and oxygen atoms in total. The lowest BCUT2D eigenvalue weighted by Gasteiger charge is -2.47. The third kappa shape index (κ3) is 2.24. The van der Waals surface area contributed by atoms with E-state index >= 15 is 0 Å². The number of benzene rings is 1. The van der Waals surface area contributed by atoms with Crippen LogP contribution in [0.2, 0.25) is 0 Å². The molecule has 1 spiro atoms. The van der Waals surface area contributed by atoms with Crippen LogP contribution in [0, 0.1) is 0 Å². The van der Waals surface area contributed by atoms with E-state index in [0.29, 0.717) is 0 Å². The summed E-state index contributed by atoms with van der Waals surface area (Å²) < 4.78 is 6.46. The number of para-hydroxylation sites is 1. The summed E-state index contributed by atoms with van der Waals surface area (Å²) in [5, 5.41) is 9.49. The summed E-state index contributed by atoms with van der Waals surface area (Å²) in [4.78, 5) is 3.71. The SMILES string of the molecule is CNC1(c2ccsc2)CCC2(CC1)OCCc1c2[nH]c2ccccc12. The second kappa shape index (κ2) is 5.70. The monoisotopic (exact) mass is 352 g/mol. The third-order valence-corrected chi connectivity index (χ3v) is 7.15. The summed E-state index contributed by atoms with van der Waals surface area (Å²) >= 11 is 1.79. The summed E-state index contributed by atoms with van der Waals surface area (Å²) in [5.41, 5.74) is 5.47. The predicted octanol–water partition coefficient (Wildman–Crippen LogP) is 4.69. The van der Waals surface area contributed by atoms with E-state index < -0.39 is 0 Å². The summed E-state index contributed by atoms with van der Waals surface area (Å²) in [5.74, 6) is 0. The Balaban J connectivity index is 1.53. The Morgan fingerprint density at radius 1 is 1.12 bits per heavy atom. The molecule has 1 saturated carbocycles. The highest BCUT2D eigenvalue weighted by Gasteiger charge is 2.47. The molecular weight excluding hydrogens is 328 g/mol. The number of nitrogens with one attached hydrogen (secondary N) is 2. The van der Waals surface area contributed by atoms with E-state index in [4.69, 9.17) is 4.74 Å². The van der Waals surface area contributed by atoms with Crippen molar-refractivity contribution in [3.05, 3.63) is 57.9 Å². The molecule has 2 aromatic heterocycles. The number of aromatic nitrogens is 1. The first-order valence-corrected chi connectivity index (χ1v) is 10.2. The van der Waals surface area contributed by atoms with Crippen LogP contribution in [-0.2, 0) is 22.3 Å². The molecule has 3 heterocycles. The first-order valence-electron chi connectivity index (χ1n) is 9.22. The lowest BCUT2D eigenvalue weighted by atomic mass is 9.69. The summed E-state index contributed by atoms with van der Waals surface area (Å²) in [6, 6.07) is 11.0. The first-order chi connectivity index (χ1) is 12.3. The van der Waals surface area contributed by atoms with E-state index in [0.717, 1.165) is 38.7 Å². The zero-order valence-electron chi connectivity index (χ0n) is 14.6. The van der Waals surface area contributed by atoms with Crippen LogP contribution in [0.3, 0.4) is 0 Å². The molecule has 2 N–H and O–H groups in total. The molecule has 1 aromatic carbocycles. The van der Waals surface area contributed by atoms with Gasteiger partial charge in [-0.05, 0) is 73.2 Å². The van der Waals surface area contributed by atoms with Gasteiger partial charge in [-0.15, -0.1) is 0 Å². The Morgan fingerprint density at radius 2 is 1.96 bits per heavy atom. The molecule has 2 aliphatic rings. The van der Waals surface area contributed by atoms with Crippen LogP contribution >= 0.6 is 11.3 Å². The molecule has 1 fully saturated rings. The first kappa shape index (κ1) is 15.6. The number of H-pyrrole nitrogens is 1. The maximum atomic E-state index is 6.46. The van der Waals surface area contributed by atoms with Gasteiger partial charge in [0.15, 0.2) is 0 Å². The van der Waals surface area contributed by atoms with Crippen LogP contribution in [0.4, 0.5) is 0 Å².